The molecule has 1 aliphatic heterocycles. The van der Waals surface area contributed by atoms with Crippen LogP contribution in [0.1, 0.15) is 5.56 Å². The van der Waals surface area contributed by atoms with Crippen molar-refractivity contribution in [2.45, 2.75) is 6.42 Å². The molecule has 2 aromatic heterocycles. The summed E-state index contributed by atoms with van der Waals surface area (Å²) in [6.45, 7) is 0.707. The van der Waals surface area contributed by atoms with Crippen molar-refractivity contribution in [3.63, 3.8) is 0 Å². The Morgan fingerprint density at radius 3 is 2.73 bits per heavy atom. The quantitative estimate of drug-likeness (QED) is 0.849. The Hall–Kier alpha value is -2.35. The molecule has 22 heavy (non-hydrogen) atoms. The maximum atomic E-state index is 12.8. The predicted octanol–water partition coefficient (Wildman–Crippen LogP) is 1.10. The van der Waals surface area contributed by atoms with Gasteiger partial charge in [-0.05, 0) is 22.4 Å². The molecule has 114 valence electrons. The molecule has 0 N–H and O–H groups in total. The molecular weight excluding hydrogens is 307 g/mol. The van der Waals surface area contributed by atoms with Gasteiger partial charge in [0.15, 0.2) is 5.82 Å². The SMILES string of the molecule is O=C(Cc1ccsc1)N1CCN(c2ncc(F)cn2)C(=O)C1. The zero-order valence-corrected chi connectivity index (χ0v) is 12.4. The van der Waals surface area contributed by atoms with Crippen molar-refractivity contribution in [3.05, 3.63) is 40.6 Å². The second kappa shape index (κ2) is 6.18. The summed E-state index contributed by atoms with van der Waals surface area (Å²) in [5.74, 6) is -0.736. The van der Waals surface area contributed by atoms with Gasteiger partial charge in [-0.15, -0.1) is 0 Å². The van der Waals surface area contributed by atoms with Crippen LogP contribution in [0.15, 0.2) is 29.2 Å². The molecule has 2 amide bonds. The van der Waals surface area contributed by atoms with Gasteiger partial charge in [0.1, 0.15) is 6.54 Å². The van der Waals surface area contributed by atoms with Crippen LogP contribution in [0.25, 0.3) is 0 Å². The summed E-state index contributed by atoms with van der Waals surface area (Å²) in [5, 5.41) is 3.83. The molecule has 1 fully saturated rings. The van der Waals surface area contributed by atoms with Crippen LogP contribution in [0.4, 0.5) is 10.3 Å². The summed E-state index contributed by atoms with van der Waals surface area (Å²) in [7, 11) is 0. The molecule has 0 radical (unpaired) electrons. The van der Waals surface area contributed by atoms with E-state index in [4.69, 9.17) is 0 Å². The second-order valence-corrected chi connectivity index (χ2v) is 5.65. The van der Waals surface area contributed by atoms with E-state index in [1.165, 1.54) is 21.1 Å². The minimum Gasteiger partial charge on any atom is -0.331 e. The summed E-state index contributed by atoms with van der Waals surface area (Å²) in [4.78, 5) is 34.8. The van der Waals surface area contributed by atoms with Crippen LogP contribution in [0.3, 0.4) is 0 Å². The van der Waals surface area contributed by atoms with Crippen LogP contribution >= 0.6 is 11.3 Å². The van der Waals surface area contributed by atoms with E-state index < -0.39 is 5.82 Å². The minimum absolute atomic E-state index is 0.0102. The van der Waals surface area contributed by atoms with Gasteiger partial charge in [0.25, 0.3) is 0 Å². The predicted molar refractivity (Wildman–Crippen MR) is 78.9 cm³/mol. The van der Waals surface area contributed by atoms with E-state index in [0.717, 1.165) is 18.0 Å². The van der Waals surface area contributed by atoms with Crippen molar-refractivity contribution < 1.29 is 14.0 Å². The van der Waals surface area contributed by atoms with Crippen molar-refractivity contribution in [2.24, 2.45) is 0 Å². The number of carbonyl (C=O) groups is 2. The average Bonchev–Trinajstić information content (AvgIpc) is 3.01. The van der Waals surface area contributed by atoms with Gasteiger partial charge < -0.3 is 4.90 Å². The van der Waals surface area contributed by atoms with Gasteiger partial charge >= 0.3 is 0 Å². The maximum Gasteiger partial charge on any atom is 0.249 e. The van der Waals surface area contributed by atoms with Crippen molar-refractivity contribution in [1.29, 1.82) is 0 Å². The number of hydrogen-bond acceptors (Lipinski definition) is 5. The summed E-state index contributed by atoms with van der Waals surface area (Å²) in [6, 6.07) is 1.90. The van der Waals surface area contributed by atoms with Crippen molar-refractivity contribution in [2.75, 3.05) is 24.5 Å². The lowest BCUT2D eigenvalue weighted by Gasteiger charge is -2.33. The van der Waals surface area contributed by atoms with Gasteiger partial charge in [0.05, 0.1) is 18.8 Å². The summed E-state index contributed by atoms with van der Waals surface area (Å²) < 4.78 is 12.8. The third-order valence-electron chi connectivity index (χ3n) is 3.36. The zero-order valence-electron chi connectivity index (χ0n) is 11.6. The highest BCUT2D eigenvalue weighted by Gasteiger charge is 2.29. The van der Waals surface area contributed by atoms with Crippen molar-refractivity contribution >= 4 is 29.1 Å². The van der Waals surface area contributed by atoms with Crippen molar-refractivity contribution in [1.82, 2.24) is 14.9 Å². The van der Waals surface area contributed by atoms with Crippen molar-refractivity contribution in [3.8, 4) is 0 Å². The van der Waals surface area contributed by atoms with Crippen LogP contribution < -0.4 is 4.90 Å². The summed E-state index contributed by atoms with van der Waals surface area (Å²) in [6.07, 6.45) is 2.33. The van der Waals surface area contributed by atoms with Crippen LogP contribution in [-0.2, 0) is 16.0 Å². The monoisotopic (exact) mass is 320 g/mol. The molecule has 3 heterocycles. The first-order valence-corrected chi connectivity index (χ1v) is 7.64. The fourth-order valence-corrected chi connectivity index (χ4v) is 2.89. The molecule has 6 nitrogen and oxygen atoms in total. The Labute approximate surface area is 130 Å². The molecule has 0 spiro atoms. The van der Waals surface area contributed by atoms with E-state index in [0.29, 0.717) is 19.5 Å². The third kappa shape index (κ3) is 3.11. The lowest BCUT2D eigenvalue weighted by atomic mass is 10.2. The van der Waals surface area contributed by atoms with Crippen LogP contribution in [0.2, 0.25) is 0 Å². The Morgan fingerprint density at radius 1 is 1.32 bits per heavy atom. The largest absolute Gasteiger partial charge is 0.331 e. The van der Waals surface area contributed by atoms with Crippen LogP contribution in [0, 0.1) is 5.82 Å². The van der Waals surface area contributed by atoms with Gasteiger partial charge in [0, 0.05) is 13.1 Å². The zero-order chi connectivity index (χ0) is 15.5. The van der Waals surface area contributed by atoms with E-state index in [-0.39, 0.29) is 24.3 Å². The van der Waals surface area contributed by atoms with E-state index >= 15 is 0 Å². The first kappa shape index (κ1) is 14.6. The summed E-state index contributed by atoms with van der Waals surface area (Å²) in [5.41, 5.74) is 0.951. The number of amides is 2. The topological polar surface area (TPSA) is 66.4 Å². The number of piperazine rings is 1. The normalized spacial score (nSPS) is 15.2. The number of halogens is 1. The molecule has 0 bridgehead atoms. The lowest BCUT2D eigenvalue weighted by Crippen LogP contribution is -2.53. The van der Waals surface area contributed by atoms with Gasteiger partial charge in [-0.3, -0.25) is 14.5 Å². The fraction of sp³-hybridized carbons (Fsp3) is 0.286. The van der Waals surface area contributed by atoms with Gasteiger partial charge in [0.2, 0.25) is 17.8 Å². The Bertz CT molecular complexity index is 675. The number of nitrogens with zero attached hydrogens (tertiary/aromatic N) is 4. The number of carbonyl (C=O) groups excluding carboxylic acids is 2. The highest BCUT2D eigenvalue weighted by Crippen LogP contribution is 2.14. The first-order chi connectivity index (χ1) is 10.6. The highest BCUT2D eigenvalue weighted by atomic mass is 32.1. The average molecular weight is 320 g/mol. The summed E-state index contributed by atoms with van der Waals surface area (Å²) >= 11 is 1.53. The fourth-order valence-electron chi connectivity index (χ4n) is 2.22. The third-order valence-corrected chi connectivity index (χ3v) is 4.09. The van der Waals surface area contributed by atoms with Gasteiger partial charge in [-0.2, -0.15) is 11.3 Å². The molecule has 3 rings (SSSR count). The second-order valence-electron chi connectivity index (χ2n) is 4.87. The van der Waals surface area contributed by atoms with E-state index in [1.54, 1.807) is 0 Å². The Kier molecular flexibility index (Phi) is 4.10. The molecule has 0 saturated carbocycles. The van der Waals surface area contributed by atoms with E-state index in [9.17, 15) is 14.0 Å². The number of hydrogen-bond donors (Lipinski definition) is 0. The first-order valence-electron chi connectivity index (χ1n) is 6.70. The minimum atomic E-state index is -0.555. The number of aromatic nitrogens is 2. The number of thiophene rings is 1. The molecule has 8 heteroatoms. The Morgan fingerprint density at radius 2 is 2.09 bits per heavy atom. The smallest absolute Gasteiger partial charge is 0.249 e. The number of rotatable bonds is 3. The molecule has 0 aromatic carbocycles. The van der Waals surface area contributed by atoms with Crippen LogP contribution in [-0.4, -0.2) is 46.3 Å². The molecule has 2 aromatic rings. The Balaban J connectivity index is 1.63. The molecular formula is C14H13FN4O2S. The van der Waals surface area contributed by atoms with E-state index in [1.807, 2.05) is 16.8 Å². The molecule has 0 aliphatic carbocycles. The highest BCUT2D eigenvalue weighted by molar-refractivity contribution is 7.08. The van der Waals surface area contributed by atoms with Crippen LogP contribution in [0.5, 0.6) is 0 Å². The van der Waals surface area contributed by atoms with E-state index in [2.05, 4.69) is 9.97 Å². The molecule has 0 atom stereocenters. The molecule has 1 saturated heterocycles. The molecule has 0 unspecified atom stereocenters. The van der Waals surface area contributed by atoms with Gasteiger partial charge in [-0.1, -0.05) is 0 Å². The van der Waals surface area contributed by atoms with Gasteiger partial charge in [-0.25, -0.2) is 14.4 Å². The maximum absolute atomic E-state index is 12.8. The lowest BCUT2D eigenvalue weighted by molar-refractivity contribution is -0.136. The standard InChI is InChI=1S/C14H13FN4O2S/c15-11-6-16-14(17-7-11)19-3-2-18(8-13(19)21)12(20)5-10-1-4-22-9-10/h1,4,6-7,9H,2-3,5,8H2. The molecule has 1 aliphatic rings. The number of anilines is 1.